The molecule has 0 saturated heterocycles. The molecule has 1 aromatic heterocycles. The summed E-state index contributed by atoms with van der Waals surface area (Å²) in [5.41, 5.74) is 1.67. The predicted molar refractivity (Wildman–Crippen MR) is 97.1 cm³/mol. The van der Waals surface area contributed by atoms with E-state index < -0.39 is 0 Å². The van der Waals surface area contributed by atoms with Crippen molar-refractivity contribution in [1.29, 1.82) is 0 Å². The maximum atomic E-state index is 12.6. The van der Waals surface area contributed by atoms with E-state index in [1.54, 1.807) is 32.5 Å². The minimum absolute atomic E-state index is 0.0886. The van der Waals surface area contributed by atoms with Crippen LogP contribution in [-0.2, 0) is 11.2 Å². The van der Waals surface area contributed by atoms with Crippen LogP contribution in [0.1, 0.15) is 30.1 Å². The summed E-state index contributed by atoms with van der Waals surface area (Å²) in [6, 6.07) is 10.9. The summed E-state index contributed by atoms with van der Waals surface area (Å²) < 4.78 is 10.5. The minimum atomic E-state index is -0.283. The lowest BCUT2D eigenvalue weighted by atomic mass is 9.76. The van der Waals surface area contributed by atoms with Crippen molar-refractivity contribution in [1.82, 2.24) is 10.3 Å². The van der Waals surface area contributed by atoms with Gasteiger partial charge in [0, 0.05) is 6.20 Å². The Hall–Kier alpha value is -2.60. The van der Waals surface area contributed by atoms with Crippen molar-refractivity contribution in [2.24, 2.45) is 5.92 Å². The smallest absolute Gasteiger partial charge is 0.224 e. The van der Waals surface area contributed by atoms with E-state index in [2.05, 4.69) is 10.3 Å². The lowest BCUT2D eigenvalue weighted by Crippen LogP contribution is -2.42. The lowest BCUT2D eigenvalue weighted by molar-refractivity contribution is -0.122. The fourth-order valence-electron chi connectivity index (χ4n) is 3.30. The van der Waals surface area contributed by atoms with Crippen molar-refractivity contribution in [2.45, 2.75) is 31.4 Å². The molecule has 0 unspecified atom stereocenters. The molecule has 3 rings (SSSR count). The van der Waals surface area contributed by atoms with Gasteiger partial charge in [-0.05, 0) is 48.6 Å². The molecule has 1 aliphatic rings. The van der Waals surface area contributed by atoms with Gasteiger partial charge in [-0.2, -0.15) is 0 Å². The van der Waals surface area contributed by atoms with E-state index >= 15 is 0 Å². The maximum absolute atomic E-state index is 12.6. The van der Waals surface area contributed by atoms with Gasteiger partial charge in [-0.1, -0.05) is 12.1 Å². The summed E-state index contributed by atoms with van der Waals surface area (Å²) in [6.45, 7) is 0. The summed E-state index contributed by atoms with van der Waals surface area (Å²) >= 11 is 0. The van der Waals surface area contributed by atoms with Crippen LogP contribution in [0.25, 0.3) is 0 Å². The third-order valence-corrected chi connectivity index (χ3v) is 4.76. The van der Waals surface area contributed by atoms with Gasteiger partial charge in [0.05, 0.1) is 38.5 Å². The highest BCUT2D eigenvalue weighted by molar-refractivity contribution is 5.79. The van der Waals surface area contributed by atoms with Gasteiger partial charge in [-0.25, -0.2) is 0 Å². The second-order valence-corrected chi connectivity index (χ2v) is 6.55. The second-order valence-electron chi connectivity index (χ2n) is 6.55. The van der Waals surface area contributed by atoms with Crippen LogP contribution in [0.2, 0.25) is 0 Å². The number of amides is 1. The highest BCUT2D eigenvalue weighted by atomic mass is 16.5. The second kappa shape index (κ2) is 8.19. The third-order valence-electron chi connectivity index (χ3n) is 4.76. The van der Waals surface area contributed by atoms with Crippen LogP contribution in [0.4, 0.5) is 0 Å². The molecule has 0 bridgehead atoms. The molecule has 1 fully saturated rings. The zero-order chi connectivity index (χ0) is 18.5. The molecule has 1 saturated carbocycles. The number of aromatic nitrogens is 1. The summed E-state index contributed by atoms with van der Waals surface area (Å²) in [5.74, 6) is 1.34. The summed E-state index contributed by atoms with van der Waals surface area (Å²) in [5, 5.41) is 12.7. The number of ether oxygens (including phenoxy) is 2. The van der Waals surface area contributed by atoms with Crippen LogP contribution in [0.5, 0.6) is 11.5 Å². The van der Waals surface area contributed by atoms with Crippen LogP contribution in [-0.4, -0.2) is 36.3 Å². The van der Waals surface area contributed by atoms with Crippen molar-refractivity contribution in [2.75, 3.05) is 14.2 Å². The Balaban J connectivity index is 1.70. The molecule has 1 atom stereocenters. The van der Waals surface area contributed by atoms with Crippen LogP contribution in [0.3, 0.4) is 0 Å². The Morgan fingerprint density at radius 3 is 2.62 bits per heavy atom. The molecule has 26 heavy (non-hydrogen) atoms. The van der Waals surface area contributed by atoms with Gasteiger partial charge in [0.1, 0.15) is 0 Å². The monoisotopic (exact) mass is 356 g/mol. The lowest BCUT2D eigenvalue weighted by Gasteiger charge is -2.37. The number of methoxy groups -OCH3 is 2. The van der Waals surface area contributed by atoms with E-state index in [0.29, 0.717) is 24.3 Å². The zero-order valence-electron chi connectivity index (χ0n) is 15.0. The molecule has 1 aromatic carbocycles. The molecule has 2 N–H and O–H groups in total. The molecular formula is C20H24N2O4. The van der Waals surface area contributed by atoms with Gasteiger partial charge < -0.3 is 19.9 Å². The Kier molecular flexibility index (Phi) is 5.73. The van der Waals surface area contributed by atoms with Gasteiger partial charge in [-0.3, -0.25) is 9.78 Å². The number of nitrogens with one attached hydrogen (secondary N) is 1. The Morgan fingerprint density at radius 1 is 1.23 bits per heavy atom. The first kappa shape index (κ1) is 18.2. The molecule has 1 amide bonds. The summed E-state index contributed by atoms with van der Waals surface area (Å²) in [7, 11) is 3.15. The Labute approximate surface area is 153 Å². The standard InChI is InChI=1S/C20H24N2O4/c1-25-17-7-6-13(9-18(17)26-2)10-19(24)22-20(14-11-15(23)12-14)16-5-3-4-8-21-16/h3-9,14-15,20,23H,10-12H2,1-2H3,(H,22,24)/t14?,15?,20-/m1/s1. The van der Waals surface area contributed by atoms with E-state index in [-0.39, 0.29) is 30.4 Å². The number of nitrogens with zero attached hydrogens (tertiary/aromatic N) is 1. The topological polar surface area (TPSA) is 80.7 Å². The number of hydrogen-bond donors (Lipinski definition) is 2. The van der Waals surface area contributed by atoms with Crippen LogP contribution in [0.15, 0.2) is 42.6 Å². The molecule has 0 spiro atoms. The molecule has 0 radical (unpaired) electrons. The summed E-state index contributed by atoms with van der Waals surface area (Å²) in [4.78, 5) is 17.0. The molecule has 1 aliphatic carbocycles. The van der Waals surface area contributed by atoms with Gasteiger partial charge in [-0.15, -0.1) is 0 Å². The minimum Gasteiger partial charge on any atom is -0.493 e. The van der Waals surface area contributed by atoms with Crippen molar-refractivity contribution in [3.05, 3.63) is 53.9 Å². The molecule has 138 valence electrons. The third kappa shape index (κ3) is 4.14. The van der Waals surface area contributed by atoms with Crippen molar-refractivity contribution < 1.29 is 19.4 Å². The quantitative estimate of drug-likeness (QED) is 0.795. The fraction of sp³-hybridized carbons (Fsp3) is 0.400. The normalized spacial score (nSPS) is 20.0. The maximum Gasteiger partial charge on any atom is 0.224 e. The zero-order valence-corrected chi connectivity index (χ0v) is 15.0. The average Bonchev–Trinajstić information content (AvgIpc) is 2.64. The van der Waals surface area contributed by atoms with E-state index in [1.807, 2.05) is 24.3 Å². The predicted octanol–water partition coefficient (Wildman–Crippen LogP) is 2.27. The molecular weight excluding hydrogens is 332 g/mol. The molecule has 1 heterocycles. The highest BCUT2D eigenvalue weighted by Gasteiger charge is 2.36. The molecule has 6 nitrogen and oxygen atoms in total. The Bertz CT molecular complexity index is 745. The molecule has 6 heteroatoms. The fourth-order valence-corrected chi connectivity index (χ4v) is 3.30. The van der Waals surface area contributed by atoms with Crippen LogP contribution < -0.4 is 14.8 Å². The average molecular weight is 356 g/mol. The number of pyridine rings is 1. The van der Waals surface area contributed by atoms with Crippen LogP contribution in [0, 0.1) is 5.92 Å². The number of benzene rings is 1. The van der Waals surface area contributed by atoms with E-state index in [4.69, 9.17) is 9.47 Å². The van der Waals surface area contributed by atoms with Gasteiger partial charge in [0.15, 0.2) is 11.5 Å². The van der Waals surface area contributed by atoms with Crippen molar-refractivity contribution in [3.63, 3.8) is 0 Å². The van der Waals surface area contributed by atoms with Gasteiger partial charge in [0.25, 0.3) is 0 Å². The summed E-state index contributed by atoms with van der Waals surface area (Å²) in [6.07, 6.45) is 3.03. The molecule has 2 aromatic rings. The van der Waals surface area contributed by atoms with Gasteiger partial charge >= 0.3 is 0 Å². The number of aliphatic hydroxyl groups is 1. The number of carbonyl (C=O) groups is 1. The number of hydrogen-bond acceptors (Lipinski definition) is 5. The number of rotatable bonds is 7. The highest BCUT2D eigenvalue weighted by Crippen LogP contribution is 2.37. The Morgan fingerprint density at radius 2 is 2.00 bits per heavy atom. The SMILES string of the molecule is COc1ccc(CC(=O)N[C@@H](c2ccccn2)C2CC(O)C2)cc1OC. The van der Waals surface area contributed by atoms with E-state index in [1.165, 1.54) is 0 Å². The largest absolute Gasteiger partial charge is 0.493 e. The first-order valence-corrected chi connectivity index (χ1v) is 8.70. The number of aliphatic hydroxyl groups excluding tert-OH is 1. The van der Waals surface area contributed by atoms with Crippen molar-refractivity contribution in [3.8, 4) is 11.5 Å². The van der Waals surface area contributed by atoms with Crippen LogP contribution >= 0.6 is 0 Å². The van der Waals surface area contributed by atoms with E-state index in [0.717, 1.165) is 11.3 Å². The van der Waals surface area contributed by atoms with Crippen molar-refractivity contribution >= 4 is 5.91 Å². The first-order valence-electron chi connectivity index (χ1n) is 8.70. The first-order chi connectivity index (χ1) is 12.6. The number of carbonyl (C=O) groups excluding carboxylic acids is 1. The van der Waals surface area contributed by atoms with Gasteiger partial charge in [0.2, 0.25) is 5.91 Å². The molecule has 0 aliphatic heterocycles. The van der Waals surface area contributed by atoms with E-state index in [9.17, 15) is 9.90 Å².